The zero-order chi connectivity index (χ0) is 18.0. The molecule has 0 aliphatic carbocycles. The molecule has 1 heterocycles. The fourth-order valence-corrected chi connectivity index (χ4v) is 2.53. The van der Waals surface area contributed by atoms with Gasteiger partial charge in [0.2, 0.25) is 0 Å². The summed E-state index contributed by atoms with van der Waals surface area (Å²) in [5, 5.41) is 5.54. The zero-order valence-electron chi connectivity index (χ0n) is 14.1. The van der Waals surface area contributed by atoms with Crippen LogP contribution in [0.5, 0.6) is 17.2 Å². The van der Waals surface area contributed by atoms with E-state index in [-0.39, 0.29) is 18.4 Å². The molecule has 3 rings (SSSR count). The normalized spacial score (nSPS) is 12.5. The van der Waals surface area contributed by atoms with E-state index in [0.717, 1.165) is 5.56 Å². The number of hydrogen-bond donors (Lipinski definition) is 2. The highest BCUT2D eigenvalue weighted by Crippen LogP contribution is 2.33. The summed E-state index contributed by atoms with van der Waals surface area (Å²) in [6.07, 6.45) is 0. The van der Waals surface area contributed by atoms with Gasteiger partial charge in [-0.1, -0.05) is 0 Å². The molecule has 1 aliphatic heterocycles. The Morgan fingerprint density at radius 3 is 2.60 bits per heavy atom. The highest BCUT2D eigenvalue weighted by molar-refractivity contribution is 6.06. The Bertz CT molecular complexity index is 848. The Morgan fingerprint density at radius 2 is 1.88 bits per heavy atom. The van der Waals surface area contributed by atoms with Crippen LogP contribution in [0.15, 0.2) is 30.3 Å². The second kappa shape index (κ2) is 6.72. The number of carbonyl (C=O) groups excluding carboxylic acids is 2. The first-order chi connectivity index (χ1) is 12.0. The number of nitrogens with one attached hydrogen (secondary N) is 2. The second-order valence-corrected chi connectivity index (χ2v) is 5.52. The SMILES string of the molecule is COc1cc(C)c(NC(=O)c2ccc3c(c2)OCC(=O)N3)cc1OC. The zero-order valence-corrected chi connectivity index (χ0v) is 14.1. The Kier molecular flexibility index (Phi) is 4.47. The van der Waals surface area contributed by atoms with E-state index in [1.807, 2.05) is 6.92 Å². The lowest BCUT2D eigenvalue weighted by molar-refractivity contribution is -0.118. The highest BCUT2D eigenvalue weighted by Gasteiger charge is 2.18. The number of fused-ring (bicyclic) bond motifs is 1. The molecule has 0 saturated carbocycles. The fraction of sp³-hybridized carbons (Fsp3) is 0.222. The molecule has 130 valence electrons. The largest absolute Gasteiger partial charge is 0.493 e. The van der Waals surface area contributed by atoms with Gasteiger partial charge in [-0.3, -0.25) is 9.59 Å². The minimum Gasteiger partial charge on any atom is -0.493 e. The predicted molar refractivity (Wildman–Crippen MR) is 92.8 cm³/mol. The van der Waals surface area contributed by atoms with Crippen molar-refractivity contribution in [2.24, 2.45) is 0 Å². The molecule has 0 saturated heterocycles. The highest BCUT2D eigenvalue weighted by atomic mass is 16.5. The standard InChI is InChI=1S/C18H18N2O5/c1-10-6-15(23-2)16(24-3)8-13(10)20-18(22)11-4-5-12-14(7-11)25-9-17(21)19-12/h4-8H,9H2,1-3H3,(H,19,21)(H,20,22). The van der Waals surface area contributed by atoms with Crippen molar-refractivity contribution in [1.29, 1.82) is 0 Å². The molecule has 1 aliphatic rings. The Hall–Kier alpha value is -3.22. The quantitative estimate of drug-likeness (QED) is 0.892. The van der Waals surface area contributed by atoms with Gasteiger partial charge in [-0.15, -0.1) is 0 Å². The molecule has 0 fully saturated rings. The van der Waals surface area contributed by atoms with Gasteiger partial charge in [0.25, 0.3) is 11.8 Å². The molecular formula is C18H18N2O5. The molecule has 7 nitrogen and oxygen atoms in total. The van der Waals surface area contributed by atoms with Crippen LogP contribution in [0.4, 0.5) is 11.4 Å². The van der Waals surface area contributed by atoms with Gasteiger partial charge in [0.1, 0.15) is 5.75 Å². The molecule has 0 bridgehead atoms. The molecule has 25 heavy (non-hydrogen) atoms. The molecule has 0 aromatic heterocycles. The summed E-state index contributed by atoms with van der Waals surface area (Å²) in [5.74, 6) is 1.08. The van der Waals surface area contributed by atoms with E-state index in [4.69, 9.17) is 14.2 Å². The Morgan fingerprint density at radius 1 is 1.16 bits per heavy atom. The van der Waals surface area contributed by atoms with Crippen molar-refractivity contribution in [1.82, 2.24) is 0 Å². The summed E-state index contributed by atoms with van der Waals surface area (Å²) in [5.41, 5.74) is 2.43. The summed E-state index contributed by atoms with van der Waals surface area (Å²) in [6.45, 7) is 1.80. The van der Waals surface area contributed by atoms with Crippen molar-refractivity contribution >= 4 is 23.2 Å². The number of carbonyl (C=O) groups is 2. The van der Waals surface area contributed by atoms with E-state index < -0.39 is 0 Å². The summed E-state index contributed by atoms with van der Waals surface area (Å²) in [4.78, 5) is 23.8. The van der Waals surface area contributed by atoms with Gasteiger partial charge in [-0.2, -0.15) is 0 Å². The van der Waals surface area contributed by atoms with Crippen molar-refractivity contribution in [2.45, 2.75) is 6.92 Å². The average molecular weight is 342 g/mol. The van der Waals surface area contributed by atoms with Crippen LogP contribution in [-0.2, 0) is 4.79 Å². The summed E-state index contributed by atoms with van der Waals surface area (Å²) < 4.78 is 15.8. The average Bonchev–Trinajstić information content (AvgIpc) is 2.62. The molecule has 0 unspecified atom stereocenters. The minimum absolute atomic E-state index is 0.0626. The first kappa shape index (κ1) is 16.6. The summed E-state index contributed by atoms with van der Waals surface area (Å²) >= 11 is 0. The molecule has 2 amide bonds. The van der Waals surface area contributed by atoms with Crippen LogP contribution in [0.25, 0.3) is 0 Å². The summed E-state index contributed by atoms with van der Waals surface area (Å²) in [7, 11) is 3.09. The maximum absolute atomic E-state index is 12.5. The van der Waals surface area contributed by atoms with Crippen LogP contribution in [0.3, 0.4) is 0 Å². The number of benzene rings is 2. The van der Waals surface area contributed by atoms with Crippen molar-refractivity contribution in [3.63, 3.8) is 0 Å². The fourth-order valence-electron chi connectivity index (χ4n) is 2.53. The van der Waals surface area contributed by atoms with Crippen molar-refractivity contribution in [3.05, 3.63) is 41.5 Å². The Balaban J connectivity index is 1.84. The van der Waals surface area contributed by atoms with E-state index >= 15 is 0 Å². The number of aryl methyl sites for hydroxylation is 1. The third-order valence-corrected chi connectivity index (χ3v) is 3.86. The first-order valence-electron chi connectivity index (χ1n) is 7.62. The van der Waals surface area contributed by atoms with Crippen LogP contribution >= 0.6 is 0 Å². The smallest absolute Gasteiger partial charge is 0.262 e. The molecule has 7 heteroatoms. The molecule has 2 aromatic carbocycles. The molecule has 0 spiro atoms. The number of methoxy groups -OCH3 is 2. The van der Waals surface area contributed by atoms with Gasteiger partial charge >= 0.3 is 0 Å². The van der Waals surface area contributed by atoms with Crippen molar-refractivity contribution < 1.29 is 23.8 Å². The number of anilines is 2. The van der Waals surface area contributed by atoms with E-state index in [9.17, 15) is 9.59 Å². The predicted octanol–water partition coefficient (Wildman–Crippen LogP) is 2.60. The minimum atomic E-state index is -0.293. The number of rotatable bonds is 4. The topological polar surface area (TPSA) is 85.9 Å². The van der Waals surface area contributed by atoms with Crippen molar-refractivity contribution in [3.8, 4) is 17.2 Å². The monoisotopic (exact) mass is 342 g/mol. The maximum atomic E-state index is 12.5. The Labute approximate surface area is 144 Å². The molecule has 0 atom stereocenters. The molecule has 2 aromatic rings. The van der Waals surface area contributed by atoms with Crippen LogP contribution in [0, 0.1) is 6.92 Å². The van der Waals surface area contributed by atoms with Crippen LogP contribution in [0.2, 0.25) is 0 Å². The molecular weight excluding hydrogens is 324 g/mol. The third-order valence-electron chi connectivity index (χ3n) is 3.86. The number of hydrogen-bond acceptors (Lipinski definition) is 5. The lowest BCUT2D eigenvalue weighted by atomic mass is 10.1. The van der Waals surface area contributed by atoms with Gasteiger partial charge < -0.3 is 24.8 Å². The second-order valence-electron chi connectivity index (χ2n) is 5.52. The van der Waals surface area contributed by atoms with E-state index in [1.165, 1.54) is 7.11 Å². The van der Waals surface area contributed by atoms with Crippen molar-refractivity contribution in [2.75, 3.05) is 31.5 Å². The molecule has 2 N–H and O–H groups in total. The van der Waals surface area contributed by atoms with Gasteiger partial charge in [0.05, 0.1) is 19.9 Å². The summed E-state index contributed by atoms with van der Waals surface area (Å²) in [6, 6.07) is 8.36. The molecule has 0 radical (unpaired) electrons. The lowest BCUT2D eigenvalue weighted by Crippen LogP contribution is -2.25. The maximum Gasteiger partial charge on any atom is 0.262 e. The van der Waals surface area contributed by atoms with Gasteiger partial charge in [-0.05, 0) is 36.8 Å². The van der Waals surface area contributed by atoms with Crippen LogP contribution in [-0.4, -0.2) is 32.6 Å². The van der Waals surface area contributed by atoms with Crippen LogP contribution in [0.1, 0.15) is 15.9 Å². The van der Waals surface area contributed by atoms with Gasteiger partial charge in [0.15, 0.2) is 18.1 Å². The lowest BCUT2D eigenvalue weighted by Gasteiger charge is -2.18. The van der Waals surface area contributed by atoms with E-state index in [1.54, 1.807) is 37.4 Å². The van der Waals surface area contributed by atoms with Gasteiger partial charge in [-0.25, -0.2) is 0 Å². The first-order valence-corrected chi connectivity index (χ1v) is 7.62. The van der Waals surface area contributed by atoms with E-state index in [2.05, 4.69) is 10.6 Å². The van der Waals surface area contributed by atoms with E-state index in [0.29, 0.717) is 34.2 Å². The number of amides is 2. The van der Waals surface area contributed by atoms with Gasteiger partial charge in [0, 0.05) is 17.3 Å². The third kappa shape index (κ3) is 3.35. The van der Waals surface area contributed by atoms with Crippen LogP contribution < -0.4 is 24.8 Å². The number of ether oxygens (including phenoxy) is 3.